The van der Waals surface area contributed by atoms with Gasteiger partial charge in [-0.1, -0.05) is 139 Å². The summed E-state index contributed by atoms with van der Waals surface area (Å²) in [6.45, 7) is -0.0725. The van der Waals surface area contributed by atoms with Crippen molar-refractivity contribution in [1.82, 2.24) is 0 Å². The van der Waals surface area contributed by atoms with Gasteiger partial charge in [0.15, 0.2) is 0 Å². The maximum Gasteiger partial charge on any atom is 0.277 e. The number of aryl methyl sites for hydroxylation is 2. The second-order valence-electron chi connectivity index (χ2n) is 36.8. The maximum absolute atomic E-state index is 11.6. The number of nitrogens with zero attached hydrogens (tertiary/aromatic N) is 1. The molecule has 40 atom stereocenters. The van der Waals surface area contributed by atoms with Crippen LogP contribution in [-0.4, -0.2) is 480 Å². The Labute approximate surface area is 845 Å². The molecule has 0 spiro atoms. The Morgan fingerprint density at radius 3 is 0.685 bits per heavy atom. The van der Waals surface area contributed by atoms with Crippen molar-refractivity contribution in [2.75, 3.05) is 67.1 Å². The number of benzene rings is 4. The molecule has 0 saturated carbocycles. The van der Waals surface area contributed by atoms with Crippen molar-refractivity contribution in [1.29, 1.82) is 0 Å². The molecular formula is C100H142ClNO44. The minimum atomic E-state index is -1.51. The monoisotopic (exact) mass is 2100 g/mol. The van der Waals surface area contributed by atoms with Crippen LogP contribution in [0.2, 0.25) is 5.02 Å². The van der Waals surface area contributed by atoms with Crippen molar-refractivity contribution in [3.8, 4) is 11.5 Å². The first-order valence-electron chi connectivity index (χ1n) is 47.7. The summed E-state index contributed by atoms with van der Waals surface area (Å²) in [7, 11) is 3.00. The molecule has 0 unspecified atom stereocenters. The number of hydrogen-bond acceptors (Lipinski definition) is 44. The molecule has 4 aromatic rings. The summed E-state index contributed by atoms with van der Waals surface area (Å²) in [5.74, 6) is 1.01. The first-order chi connectivity index (χ1) is 69.5. The third-order valence-electron chi connectivity index (χ3n) is 26.8. The Balaban J connectivity index is 0.000000217. The smallest absolute Gasteiger partial charge is 0.277 e. The van der Waals surface area contributed by atoms with Gasteiger partial charge in [0.25, 0.3) is 5.69 Å². The Morgan fingerprint density at radius 2 is 0.459 bits per heavy atom. The molecule has 0 bridgehead atoms. The third kappa shape index (κ3) is 31.4. The molecule has 12 rings (SSSR count). The second kappa shape index (κ2) is 58.4. The fourth-order valence-electron chi connectivity index (χ4n) is 18.0. The maximum atomic E-state index is 11.6. The lowest BCUT2D eigenvalue weighted by molar-refractivity contribution is -0.385. The van der Waals surface area contributed by atoms with Crippen molar-refractivity contribution < 1.29 is 216 Å². The number of hydrogen-bond donors (Lipinski definition) is 32. The molecule has 0 aliphatic carbocycles. The topological polar surface area (TPSA) is 783 Å². The Bertz CT molecular complexity index is 4800. The van der Waals surface area contributed by atoms with Crippen molar-refractivity contribution in [2.45, 2.75) is 309 Å². The van der Waals surface area contributed by atoms with Gasteiger partial charge in [-0.05, 0) is 128 Å². The van der Waals surface area contributed by atoms with Gasteiger partial charge in [-0.2, -0.15) is 0 Å². The lowest BCUT2D eigenvalue weighted by Gasteiger charge is -2.39. The summed E-state index contributed by atoms with van der Waals surface area (Å²) >= 11 is 6.37. The van der Waals surface area contributed by atoms with Gasteiger partial charge in [-0.25, -0.2) is 0 Å². The molecule has 8 saturated heterocycles. The lowest BCUT2D eigenvalue weighted by atomic mass is 9.92. The van der Waals surface area contributed by atoms with Crippen LogP contribution >= 0.6 is 11.6 Å². The summed E-state index contributed by atoms with van der Waals surface area (Å²) in [6.07, 6.45) is -18.9. The molecule has 8 aliphatic heterocycles. The zero-order valence-electron chi connectivity index (χ0n) is 80.5. The van der Waals surface area contributed by atoms with Crippen LogP contribution in [-0.2, 0) is 37.9 Å². The predicted octanol–water partition coefficient (Wildman–Crippen LogP) is -6.09. The van der Waals surface area contributed by atoms with E-state index in [-0.39, 0.29) is 62.6 Å². The summed E-state index contributed by atoms with van der Waals surface area (Å²) in [4.78, 5) is 11.1. The van der Waals surface area contributed by atoms with Gasteiger partial charge in [0.05, 0.1) is 126 Å². The highest BCUT2D eigenvalue weighted by Crippen LogP contribution is 2.38. The van der Waals surface area contributed by atoms with Crippen molar-refractivity contribution in [3.05, 3.63) is 180 Å². The van der Waals surface area contributed by atoms with Crippen LogP contribution in [0.25, 0.3) is 48.6 Å². The van der Waals surface area contributed by atoms with E-state index in [1.54, 1.807) is 97.2 Å². The van der Waals surface area contributed by atoms with Crippen molar-refractivity contribution >= 4 is 65.9 Å². The quantitative estimate of drug-likeness (QED) is 0.0151. The molecule has 4 aromatic carbocycles. The summed E-state index contributed by atoms with van der Waals surface area (Å²) in [6, 6.07) is 17.2. The number of nitro benzene ring substituents is 1. The molecule has 45 nitrogen and oxygen atoms in total. The zero-order chi connectivity index (χ0) is 108. The van der Waals surface area contributed by atoms with Crippen LogP contribution in [0.4, 0.5) is 5.69 Å². The van der Waals surface area contributed by atoms with E-state index in [1.807, 2.05) is 50.3 Å². The average Bonchev–Trinajstić information content (AvgIpc) is 0.816. The van der Waals surface area contributed by atoms with Crippen molar-refractivity contribution in [3.63, 3.8) is 0 Å². The van der Waals surface area contributed by atoms with Gasteiger partial charge in [0.2, 0.25) is 0 Å². The Morgan fingerprint density at radius 1 is 0.260 bits per heavy atom. The average molecular weight is 2100 g/mol. The van der Waals surface area contributed by atoms with E-state index in [4.69, 9.17) is 59.0 Å². The van der Waals surface area contributed by atoms with E-state index < -0.39 is 302 Å². The summed E-state index contributed by atoms with van der Waals surface area (Å²) in [5.41, 5.74) is 7.18. The summed E-state index contributed by atoms with van der Waals surface area (Å²) < 4.78 is 54.9. The van der Waals surface area contributed by atoms with E-state index in [2.05, 4.69) is 0 Å². The number of ether oxygens (including phenoxy) is 10. The molecule has 8 aliphatic rings. The molecule has 8 fully saturated rings. The zero-order valence-corrected chi connectivity index (χ0v) is 81.2. The highest BCUT2D eigenvalue weighted by Gasteiger charge is 2.51. The highest BCUT2D eigenvalue weighted by molar-refractivity contribution is 6.32. The van der Waals surface area contributed by atoms with Crippen LogP contribution in [0.1, 0.15) is 107 Å². The first-order valence-corrected chi connectivity index (χ1v) is 48.1. The number of aliphatic hydroxyl groups is 32. The molecule has 8 heterocycles. The number of halogens is 1. The van der Waals surface area contributed by atoms with Crippen LogP contribution in [0.15, 0.2) is 109 Å². The number of aliphatic hydroxyl groups excluding tert-OH is 32. The first kappa shape index (κ1) is 122. The molecule has 32 N–H and O–H groups in total. The standard InChI is InChI=1S/C26H38O12.C26H38O10.C24H33ClO10.C24H33NO12/c1-35-17-9-14(6-4-8-16-22(30)26(34)24(32)20(12-28)38-16)18(36-2)10-13(17)5-3-7-15-21(29)25(33)23(31)19(11-27)37-15;1-13-9-15(5-3-7-17-21(29)25(33)23(31)19(11-27)35-17)10-14(2)16(13)6-4-8-18-22(30)26(34)24(32)20(12-28)36-18;25-14-9-12(3-1-5-15-19(28)23(32)21(30)17(10-26)34-15)7-8-13(14)4-2-6-16-20(29)24(33)22(31)18(11-27)35-16;26-10-17-21(30)23(32)19(28)15(36-17)5-1-3-12-7-8-13(14(9-12)25(34)35)4-2-6-16-20(29)24(33)22(31)18(11-27)37-16/h3-6,9-10,15-16,19-34H,7-8,11-12H2,1-2H3;3-6,9-10,17-34H,7-8,11-12H2,1-2H3;1-4,7-9,15-24,26-33H,5-6,10-11H2;1-4,7-9,15-24,26-33H,5-6,10-11H2/b2*5-3+,6-4+;2*3-1+,4-2+/t15-,16-,19-,20-,21-,22-,23-,24-,25-,26-;17-,18-,19-,20-,21-,22-,23-,24-,25-,26-;2*15-,16-,17-,18-,19-,20-,21-,22-,23-,24-/m1111/s1. The number of nitro groups is 1. The Kier molecular flexibility index (Phi) is 48.8. The van der Waals surface area contributed by atoms with Crippen LogP contribution in [0.5, 0.6) is 11.5 Å². The SMILES string of the molecule is COc1cc(/C=C/C[C@H]2O[C@H](CO)[C@@H](O)[C@H](O)[C@@H]2O)c(OC)cc1/C=C/C[C@H]1O[C@H](CO)[C@@H](O)[C@H](O)[C@@H]1O.Cc1cc(/C=C/C[C@H]2O[C@H](CO)[C@@H](O)[C@H](O)[C@@H]2O)cc(C)c1/C=C/C[C@H]1O[C@H](CO)[C@@H](O)[C@H](O)[C@@H]1O.O=[N+]([O-])c1cc(/C=C/C[C@H]2O[C@H](CO)[C@@H](O)[C@H](O)[C@@H]2O)ccc1/C=C/C[C@H]1O[C@H](CO)[C@@H](O)[C@H](O)[C@@H]1O.OC[C@H]1O[C@H](C/C=C/c2ccc(/C=C/C[C@H]3O[C@H](CO)[C@@H](O)[C@H](O)[C@@H]3O)c(Cl)c2)[C@@H](O)[C@@H](O)[C@@H]1O. The van der Waals surface area contributed by atoms with Crippen LogP contribution < -0.4 is 9.47 Å². The molecule has 0 radical (unpaired) electrons. The second-order valence-corrected chi connectivity index (χ2v) is 37.2. The van der Waals surface area contributed by atoms with Gasteiger partial charge in [0.1, 0.15) is 207 Å². The number of rotatable bonds is 35. The molecule has 46 heteroatoms. The minimum absolute atomic E-state index is 0.0549. The molecule has 146 heavy (non-hydrogen) atoms. The summed E-state index contributed by atoms with van der Waals surface area (Å²) in [5, 5.41) is 326. The van der Waals surface area contributed by atoms with E-state index in [0.717, 1.165) is 27.8 Å². The van der Waals surface area contributed by atoms with Crippen molar-refractivity contribution in [2.24, 2.45) is 0 Å². The molecule has 0 aromatic heterocycles. The fourth-order valence-corrected chi connectivity index (χ4v) is 18.2. The van der Waals surface area contributed by atoms with Gasteiger partial charge in [-0.3, -0.25) is 10.1 Å². The van der Waals surface area contributed by atoms with E-state index >= 15 is 0 Å². The van der Waals surface area contributed by atoms with Gasteiger partial charge in [-0.15, -0.1) is 0 Å². The highest BCUT2D eigenvalue weighted by atomic mass is 35.5. The van der Waals surface area contributed by atoms with Gasteiger partial charge < -0.3 is 211 Å². The minimum Gasteiger partial charge on any atom is -0.496 e. The fraction of sp³-hybridized carbons (Fsp3) is 0.600. The molecular weight excluding hydrogens is 1950 g/mol. The normalized spacial score (nSPS) is 37.3. The lowest BCUT2D eigenvalue weighted by Crippen LogP contribution is -2.58. The van der Waals surface area contributed by atoms with Crippen LogP contribution in [0.3, 0.4) is 0 Å². The number of methoxy groups -OCH3 is 2. The van der Waals surface area contributed by atoms with Crippen LogP contribution in [0, 0.1) is 24.0 Å². The molecule has 0 amide bonds. The van der Waals surface area contributed by atoms with E-state index in [0.29, 0.717) is 38.8 Å². The van der Waals surface area contributed by atoms with E-state index in [1.165, 1.54) is 38.5 Å². The Hall–Kier alpha value is -7.51. The third-order valence-corrected chi connectivity index (χ3v) is 27.1. The van der Waals surface area contributed by atoms with E-state index in [9.17, 15) is 174 Å². The van der Waals surface area contributed by atoms with Gasteiger partial charge in [0, 0.05) is 22.2 Å². The predicted molar refractivity (Wildman–Crippen MR) is 519 cm³/mol. The largest absolute Gasteiger partial charge is 0.496 e. The molecule has 818 valence electrons. The van der Waals surface area contributed by atoms with Gasteiger partial charge >= 0.3 is 0 Å².